The Balaban J connectivity index is 1.89. The zero-order valence-electron chi connectivity index (χ0n) is 12.2. The molecule has 2 nitrogen and oxygen atoms in total. The number of aliphatic hydroxyl groups is 1. The maximum atomic E-state index is 10.3. The van der Waals surface area contributed by atoms with E-state index in [1.54, 1.807) is 0 Å². The first kappa shape index (κ1) is 14.5. The monoisotopic (exact) mass is 261 g/mol. The second-order valence-corrected chi connectivity index (χ2v) is 6.02. The van der Waals surface area contributed by atoms with Crippen LogP contribution in [-0.2, 0) is 6.42 Å². The van der Waals surface area contributed by atoms with Crippen molar-refractivity contribution in [1.29, 1.82) is 0 Å². The third-order valence-corrected chi connectivity index (χ3v) is 4.17. The summed E-state index contributed by atoms with van der Waals surface area (Å²) in [6.07, 6.45) is 5.24. The highest BCUT2D eigenvalue weighted by molar-refractivity contribution is 5.24. The molecule has 106 valence electrons. The van der Waals surface area contributed by atoms with Crippen molar-refractivity contribution < 1.29 is 5.11 Å². The van der Waals surface area contributed by atoms with Crippen molar-refractivity contribution >= 4 is 0 Å². The van der Waals surface area contributed by atoms with E-state index in [2.05, 4.69) is 43.4 Å². The zero-order chi connectivity index (χ0) is 13.7. The van der Waals surface area contributed by atoms with E-state index in [9.17, 15) is 5.11 Å². The Labute approximate surface area is 117 Å². The molecule has 1 aromatic rings. The van der Waals surface area contributed by atoms with Crippen molar-refractivity contribution in [2.45, 2.75) is 58.1 Å². The first-order valence-corrected chi connectivity index (χ1v) is 7.69. The van der Waals surface area contributed by atoms with Crippen molar-refractivity contribution in [3.8, 4) is 0 Å². The summed E-state index contributed by atoms with van der Waals surface area (Å²) in [5.74, 6) is 0.783. The molecule has 3 atom stereocenters. The normalized spacial score (nSPS) is 25.2. The van der Waals surface area contributed by atoms with Crippen molar-refractivity contribution in [3.05, 3.63) is 35.4 Å². The van der Waals surface area contributed by atoms with Crippen molar-refractivity contribution in [2.75, 3.05) is 6.54 Å². The molecule has 1 aliphatic heterocycles. The Kier molecular flexibility index (Phi) is 5.41. The molecular weight excluding hydrogens is 234 g/mol. The Morgan fingerprint density at radius 2 is 2.05 bits per heavy atom. The summed E-state index contributed by atoms with van der Waals surface area (Å²) in [5, 5.41) is 13.9. The summed E-state index contributed by atoms with van der Waals surface area (Å²) in [7, 11) is 0. The lowest BCUT2D eigenvalue weighted by atomic mass is 9.89. The molecule has 1 aliphatic rings. The van der Waals surface area contributed by atoms with Crippen LogP contribution in [0.3, 0.4) is 0 Å². The molecule has 0 amide bonds. The quantitative estimate of drug-likeness (QED) is 0.851. The fourth-order valence-electron chi connectivity index (χ4n) is 3.00. The lowest BCUT2D eigenvalue weighted by Gasteiger charge is -2.29. The number of aryl methyl sites for hydroxylation is 1. The van der Waals surface area contributed by atoms with Gasteiger partial charge in [-0.1, -0.05) is 44.5 Å². The number of nitrogens with one attached hydrogen (secondary N) is 1. The van der Waals surface area contributed by atoms with E-state index in [1.807, 2.05) is 0 Å². The van der Waals surface area contributed by atoms with E-state index in [-0.39, 0.29) is 6.10 Å². The molecule has 1 saturated heterocycles. The van der Waals surface area contributed by atoms with Gasteiger partial charge in [-0.15, -0.1) is 0 Å². The fraction of sp³-hybridized carbons (Fsp3) is 0.647. The van der Waals surface area contributed by atoms with Gasteiger partial charge in [-0.3, -0.25) is 0 Å². The molecular formula is C17H27NO. The highest BCUT2D eigenvalue weighted by Gasteiger charge is 2.21. The minimum absolute atomic E-state index is 0.335. The zero-order valence-corrected chi connectivity index (χ0v) is 12.2. The second-order valence-electron chi connectivity index (χ2n) is 6.02. The van der Waals surface area contributed by atoms with Gasteiger partial charge in [0.2, 0.25) is 0 Å². The molecule has 1 fully saturated rings. The summed E-state index contributed by atoms with van der Waals surface area (Å²) in [5.41, 5.74) is 2.42. The van der Waals surface area contributed by atoms with E-state index in [0.717, 1.165) is 30.9 Å². The molecule has 0 saturated carbocycles. The summed E-state index contributed by atoms with van der Waals surface area (Å²) < 4.78 is 0. The molecule has 19 heavy (non-hydrogen) atoms. The van der Waals surface area contributed by atoms with Gasteiger partial charge < -0.3 is 10.4 Å². The topological polar surface area (TPSA) is 32.3 Å². The number of rotatable bonds is 5. The first-order chi connectivity index (χ1) is 9.19. The van der Waals surface area contributed by atoms with Crippen LogP contribution >= 0.6 is 0 Å². The predicted octanol–water partition coefficient (Wildman–Crippen LogP) is 3.45. The maximum Gasteiger partial charge on any atom is 0.0804 e. The summed E-state index contributed by atoms with van der Waals surface area (Å²) in [4.78, 5) is 0. The lowest BCUT2D eigenvalue weighted by molar-refractivity contribution is 0.138. The smallest absolute Gasteiger partial charge is 0.0804 e. The van der Waals surface area contributed by atoms with Crippen LogP contribution < -0.4 is 5.32 Å². The summed E-state index contributed by atoms with van der Waals surface area (Å²) >= 11 is 0. The van der Waals surface area contributed by atoms with E-state index in [4.69, 9.17) is 0 Å². The van der Waals surface area contributed by atoms with Gasteiger partial charge in [0.25, 0.3) is 0 Å². The average molecular weight is 261 g/mol. The number of piperidine rings is 1. The van der Waals surface area contributed by atoms with Crippen molar-refractivity contribution in [3.63, 3.8) is 0 Å². The average Bonchev–Trinajstić information content (AvgIpc) is 2.40. The summed E-state index contributed by atoms with van der Waals surface area (Å²) in [6, 6.07) is 8.94. The summed E-state index contributed by atoms with van der Waals surface area (Å²) in [6.45, 7) is 5.59. The van der Waals surface area contributed by atoms with Crippen molar-refractivity contribution in [1.82, 2.24) is 5.32 Å². The van der Waals surface area contributed by atoms with Crippen LogP contribution in [0.15, 0.2) is 24.3 Å². The van der Waals surface area contributed by atoms with Crippen LogP contribution in [0.25, 0.3) is 0 Å². The molecule has 0 radical (unpaired) electrons. The molecule has 2 rings (SSSR count). The molecule has 1 aromatic carbocycles. The van der Waals surface area contributed by atoms with Crippen molar-refractivity contribution in [2.24, 2.45) is 5.92 Å². The van der Waals surface area contributed by atoms with Gasteiger partial charge in [-0.25, -0.2) is 0 Å². The highest BCUT2D eigenvalue weighted by atomic mass is 16.3. The molecule has 0 aromatic heterocycles. The molecule has 0 aliphatic carbocycles. The number of hydrogen-bond donors (Lipinski definition) is 2. The molecule has 0 bridgehead atoms. The minimum Gasteiger partial charge on any atom is -0.388 e. The van der Waals surface area contributed by atoms with Gasteiger partial charge in [0.05, 0.1) is 6.10 Å². The predicted molar refractivity (Wildman–Crippen MR) is 80.2 cm³/mol. The third kappa shape index (κ3) is 4.32. The SMILES string of the molecule is CCCc1ccc(C(O)CC2CC(C)CCN2)cc1. The Morgan fingerprint density at radius 1 is 1.32 bits per heavy atom. The third-order valence-electron chi connectivity index (χ3n) is 4.17. The van der Waals surface area contributed by atoms with Gasteiger partial charge in [-0.2, -0.15) is 0 Å². The Hall–Kier alpha value is -0.860. The minimum atomic E-state index is -0.335. The van der Waals surface area contributed by atoms with Crippen LogP contribution in [-0.4, -0.2) is 17.7 Å². The lowest BCUT2D eigenvalue weighted by Crippen LogP contribution is -2.38. The Morgan fingerprint density at radius 3 is 2.68 bits per heavy atom. The molecule has 2 heteroatoms. The van der Waals surface area contributed by atoms with E-state index in [0.29, 0.717) is 6.04 Å². The van der Waals surface area contributed by atoms with Gasteiger partial charge in [0.1, 0.15) is 0 Å². The van der Waals surface area contributed by atoms with Gasteiger partial charge in [0.15, 0.2) is 0 Å². The van der Waals surface area contributed by atoms with Crippen LogP contribution in [0.2, 0.25) is 0 Å². The standard InChI is InChI=1S/C17H27NO/c1-3-4-14-5-7-15(8-6-14)17(19)12-16-11-13(2)9-10-18-16/h5-8,13,16-19H,3-4,9-12H2,1-2H3. The van der Waals surface area contributed by atoms with Crippen LogP contribution in [0, 0.1) is 5.92 Å². The van der Waals surface area contributed by atoms with Crippen LogP contribution in [0.1, 0.15) is 56.8 Å². The van der Waals surface area contributed by atoms with Gasteiger partial charge in [-0.05, 0) is 49.3 Å². The van der Waals surface area contributed by atoms with E-state index >= 15 is 0 Å². The first-order valence-electron chi connectivity index (χ1n) is 7.69. The molecule has 3 unspecified atom stereocenters. The Bertz CT molecular complexity index is 373. The maximum absolute atomic E-state index is 10.3. The number of benzene rings is 1. The van der Waals surface area contributed by atoms with E-state index < -0.39 is 0 Å². The fourth-order valence-corrected chi connectivity index (χ4v) is 3.00. The largest absolute Gasteiger partial charge is 0.388 e. The van der Waals surface area contributed by atoms with Gasteiger partial charge >= 0.3 is 0 Å². The van der Waals surface area contributed by atoms with Crippen LogP contribution in [0.5, 0.6) is 0 Å². The number of aliphatic hydroxyl groups excluding tert-OH is 1. The number of hydrogen-bond acceptors (Lipinski definition) is 2. The second kappa shape index (κ2) is 7.06. The highest BCUT2D eigenvalue weighted by Crippen LogP contribution is 2.24. The molecule has 2 N–H and O–H groups in total. The van der Waals surface area contributed by atoms with E-state index in [1.165, 1.54) is 24.8 Å². The molecule has 1 heterocycles. The van der Waals surface area contributed by atoms with Crippen LogP contribution in [0.4, 0.5) is 0 Å². The molecule has 0 spiro atoms. The van der Waals surface area contributed by atoms with Gasteiger partial charge in [0, 0.05) is 6.04 Å².